The van der Waals surface area contributed by atoms with Crippen LogP contribution in [0.1, 0.15) is 213 Å². The number of unbranched alkanes of at least 4 members (excludes halogenated alkanes) is 18. The second kappa shape index (κ2) is 46.1. The summed E-state index contributed by atoms with van der Waals surface area (Å²) in [4.78, 5) is 26.0. The van der Waals surface area contributed by atoms with Gasteiger partial charge in [-0.05, 0) is 89.9 Å². The van der Waals surface area contributed by atoms with Gasteiger partial charge in [0.05, 0.1) is 25.2 Å². The van der Waals surface area contributed by atoms with Crippen molar-refractivity contribution in [2.24, 2.45) is 0 Å². The molecular weight excluding hydrogens is 731 g/mol. The number of allylic oxidation sites excluding steroid dienone is 14. The van der Waals surface area contributed by atoms with E-state index in [4.69, 9.17) is 4.74 Å². The second-order valence-electron chi connectivity index (χ2n) is 16.2. The molecule has 0 aliphatic rings. The van der Waals surface area contributed by atoms with Gasteiger partial charge in [-0.1, -0.05) is 196 Å². The molecule has 0 aliphatic carbocycles. The van der Waals surface area contributed by atoms with Gasteiger partial charge in [-0.2, -0.15) is 0 Å². The van der Waals surface area contributed by atoms with Crippen LogP contribution >= 0.6 is 0 Å². The molecule has 0 rings (SSSR count). The number of aliphatic hydroxyl groups excluding tert-OH is 2. The van der Waals surface area contributed by atoms with Crippen LogP contribution in [0.5, 0.6) is 0 Å². The number of rotatable bonds is 42. The Kier molecular flexibility index (Phi) is 43.8. The molecule has 0 fully saturated rings. The van der Waals surface area contributed by atoms with E-state index in [2.05, 4.69) is 99.0 Å². The number of hydrogen-bond acceptors (Lipinski definition) is 5. The standard InChI is InChI=1S/C53H91NO5/c1-4-7-10-13-16-19-22-23-24-25-26-27-28-29-31-34-37-40-43-46-53(58)59-49(44-41-38-35-32-30-20-17-14-11-8-5-2)47-52(57)54-50(48-55)51(56)45-42-39-36-33-21-18-15-12-9-6-3/h8,11,14,16-17,19-20,23-24,26-27,29-31,49-51,55-56H,4-7,9-10,12-13,15,18,21-22,25,28,32-48H2,1-3H3,(H,54,57)/b11-8+,17-14+,19-16-,24-23-,27-26-,30-20-,31-29-. The van der Waals surface area contributed by atoms with Crippen LogP contribution in [0, 0.1) is 0 Å². The zero-order valence-electron chi connectivity index (χ0n) is 38.4. The summed E-state index contributed by atoms with van der Waals surface area (Å²) in [5, 5.41) is 23.6. The molecule has 6 heteroatoms. The zero-order valence-corrected chi connectivity index (χ0v) is 38.4. The van der Waals surface area contributed by atoms with Gasteiger partial charge in [0, 0.05) is 6.42 Å². The Labute approximate surface area is 363 Å². The van der Waals surface area contributed by atoms with Gasteiger partial charge in [0.15, 0.2) is 0 Å². The van der Waals surface area contributed by atoms with Crippen LogP contribution in [0.2, 0.25) is 0 Å². The van der Waals surface area contributed by atoms with Gasteiger partial charge in [-0.3, -0.25) is 9.59 Å². The minimum absolute atomic E-state index is 0.0370. The molecule has 0 bridgehead atoms. The lowest BCUT2D eigenvalue weighted by Crippen LogP contribution is -2.46. The maximum absolute atomic E-state index is 13.1. The lowest BCUT2D eigenvalue weighted by atomic mass is 10.0. The number of hydrogen-bond donors (Lipinski definition) is 3. The Bertz CT molecular complexity index is 1150. The smallest absolute Gasteiger partial charge is 0.306 e. The van der Waals surface area contributed by atoms with E-state index in [9.17, 15) is 19.8 Å². The number of amides is 1. The highest BCUT2D eigenvalue weighted by Crippen LogP contribution is 2.16. The predicted octanol–water partition coefficient (Wildman–Crippen LogP) is 14.4. The molecule has 0 spiro atoms. The maximum atomic E-state index is 13.1. The summed E-state index contributed by atoms with van der Waals surface area (Å²) in [7, 11) is 0. The molecule has 0 saturated carbocycles. The topological polar surface area (TPSA) is 95.9 Å². The van der Waals surface area contributed by atoms with E-state index in [0.717, 1.165) is 96.3 Å². The monoisotopic (exact) mass is 822 g/mol. The zero-order chi connectivity index (χ0) is 43.1. The molecule has 0 aliphatic heterocycles. The summed E-state index contributed by atoms with van der Waals surface area (Å²) in [5.74, 6) is -0.554. The number of nitrogens with one attached hydrogen (secondary N) is 1. The maximum Gasteiger partial charge on any atom is 0.306 e. The molecule has 3 N–H and O–H groups in total. The second-order valence-corrected chi connectivity index (χ2v) is 16.2. The first-order valence-corrected chi connectivity index (χ1v) is 24.3. The van der Waals surface area contributed by atoms with E-state index < -0.39 is 18.2 Å². The molecule has 3 unspecified atom stereocenters. The summed E-state index contributed by atoms with van der Waals surface area (Å²) >= 11 is 0. The highest BCUT2D eigenvalue weighted by Gasteiger charge is 2.24. The number of carbonyl (C=O) groups is 2. The van der Waals surface area contributed by atoms with Crippen LogP contribution in [0.15, 0.2) is 85.1 Å². The fourth-order valence-electron chi connectivity index (χ4n) is 6.82. The van der Waals surface area contributed by atoms with Crippen molar-refractivity contribution in [3.8, 4) is 0 Å². The Morgan fingerprint density at radius 2 is 0.983 bits per heavy atom. The summed E-state index contributed by atoms with van der Waals surface area (Å²) in [6.07, 6.45) is 59.3. The summed E-state index contributed by atoms with van der Waals surface area (Å²) in [6.45, 7) is 6.27. The van der Waals surface area contributed by atoms with Crippen molar-refractivity contribution in [3.63, 3.8) is 0 Å². The molecule has 0 aromatic carbocycles. The highest BCUT2D eigenvalue weighted by molar-refractivity contribution is 5.77. The van der Waals surface area contributed by atoms with Crippen LogP contribution in [0.4, 0.5) is 0 Å². The fourth-order valence-corrected chi connectivity index (χ4v) is 6.82. The van der Waals surface area contributed by atoms with E-state index in [0.29, 0.717) is 19.3 Å². The van der Waals surface area contributed by atoms with Crippen LogP contribution in [0.3, 0.4) is 0 Å². The molecule has 0 aromatic rings. The lowest BCUT2D eigenvalue weighted by Gasteiger charge is -2.24. The molecule has 59 heavy (non-hydrogen) atoms. The first kappa shape index (κ1) is 56.0. The molecule has 0 heterocycles. The van der Waals surface area contributed by atoms with Crippen molar-refractivity contribution in [1.82, 2.24) is 5.32 Å². The van der Waals surface area contributed by atoms with E-state index in [1.165, 1.54) is 70.6 Å². The van der Waals surface area contributed by atoms with Gasteiger partial charge < -0.3 is 20.3 Å². The average molecular weight is 822 g/mol. The molecule has 3 atom stereocenters. The lowest BCUT2D eigenvalue weighted by molar-refractivity contribution is -0.151. The Balaban J connectivity index is 4.64. The minimum atomic E-state index is -0.805. The van der Waals surface area contributed by atoms with Crippen molar-refractivity contribution in [3.05, 3.63) is 85.1 Å². The molecule has 0 aromatic heterocycles. The van der Waals surface area contributed by atoms with Gasteiger partial charge >= 0.3 is 5.97 Å². The summed E-state index contributed by atoms with van der Waals surface area (Å²) in [5.41, 5.74) is 0. The minimum Gasteiger partial charge on any atom is -0.462 e. The molecule has 0 saturated heterocycles. The third-order valence-corrected chi connectivity index (χ3v) is 10.5. The van der Waals surface area contributed by atoms with Crippen molar-refractivity contribution in [2.45, 2.75) is 232 Å². The van der Waals surface area contributed by atoms with Crippen molar-refractivity contribution in [2.75, 3.05) is 6.61 Å². The first-order valence-electron chi connectivity index (χ1n) is 24.3. The Morgan fingerprint density at radius 1 is 0.525 bits per heavy atom. The van der Waals surface area contributed by atoms with Gasteiger partial charge in [0.25, 0.3) is 0 Å². The third kappa shape index (κ3) is 41.6. The van der Waals surface area contributed by atoms with E-state index in [-0.39, 0.29) is 24.9 Å². The number of esters is 1. The molecule has 6 nitrogen and oxygen atoms in total. The van der Waals surface area contributed by atoms with Gasteiger partial charge in [0.1, 0.15) is 6.10 Å². The van der Waals surface area contributed by atoms with Crippen LogP contribution in [-0.2, 0) is 14.3 Å². The average Bonchev–Trinajstić information content (AvgIpc) is 3.23. The SMILES string of the molecule is CC/C=C/C=C/C=C\CCCCCC(CC(=O)NC(CO)C(O)CCCCCCCCCCCC)OC(=O)CCCCC/C=C\C/C=C\C/C=C\C/C=C\CCCCC. The predicted molar refractivity (Wildman–Crippen MR) is 254 cm³/mol. The van der Waals surface area contributed by atoms with E-state index in [1.54, 1.807) is 0 Å². The largest absolute Gasteiger partial charge is 0.462 e. The Morgan fingerprint density at radius 3 is 1.56 bits per heavy atom. The first-order chi connectivity index (χ1) is 29.0. The number of aliphatic hydroxyl groups is 2. The molecule has 1 amide bonds. The Hall–Kier alpha value is -2.96. The van der Waals surface area contributed by atoms with Gasteiger partial charge in [-0.15, -0.1) is 0 Å². The van der Waals surface area contributed by atoms with Gasteiger partial charge in [0.2, 0.25) is 5.91 Å². The highest BCUT2D eigenvalue weighted by atomic mass is 16.5. The van der Waals surface area contributed by atoms with Crippen LogP contribution in [-0.4, -0.2) is 46.9 Å². The van der Waals surface area contributed by atoms with Gasteiger partial charge in [-0.25, -0.2) is 0 Å². The normalized spacial score (nSPS) is 14.1. The number of ether oxygens (including phenoxy) is 1. The summed E-state index contributed by atoms with van der Waals surface area (Å²) < 4.78 is 5.88. The molecule has 0 radical (unpaired) electrons. The van der Waals surface area contributed by atoms with Crippen molar-refractivity contribution in [1.29, 1.82) is 0 Å². The summed E-state index contributed by atoms with van der Waals surface area (Å²) in [6, 6.07) is -0.722. The molecular formula is C53H91NO5. The van der Waals surface area contributed by atoms with Crippen LogP contribution in [0.25, 0.3) is 0 Å². The third-order valence-electron chi connectivity index (χ3n) is 10.5. The van der Waals surface area contributed by atoms with Crippen molar-refractivity contribution >= 4 is 11.9 Å². The quantitative estimate of drug-likeness (QED) is 0.0247. The van der Waals surface area contributed by atoms with Crippen LogP contribution < -0.4 is 5.32 Å². The van der Waals surface area contributed by atoms with E-state index in [1.807, 2.05) is 12.2 Å². The van der Waals surface area contributed by atoms with Crippen molar-refractivity contribution < 1.29 is 24.5 Å². The number of carbonyl (C=O) groups excluding carboxylic acids is 2. The van der Waals surface area contributed by atoms with E-state index >= 15 is 0 Å². The fraction of sp³-hybridized carbons (Fsp3) is 0.698. The molecule has 338 valence electrons.